The third-order valence-corrected chi connectivity index (χ3v) is 4.87. The Hall–Kier alpha value is -3.17. The smallest absolute Gasteiger partial charge is 0.277 e. The minimum atomic E-state index is -0.328. The number of hydrogen-bond donors (Lipinski definition) is 2. The number of aromatic nitrogens is 4. The van der Waals surface area contributed by atoms with Crippen LogP contribution in [0.1, 0.15) is 23.3 Å². The molecule has 164 valence electrons. The van der Waals surface area contributed by atoms with Crippen molar-refractivity contribution in [3.05, 3.63) is 54.5 Å². The fraction of sp³-hybridized carbons (Fsp3) is 0.333. The van der Waals surface area contributed by atoms with Crippen molar-refractivity contribution in [2.24, 2.45) is 5.92 Å². The van der Waals surface area contributed by atoms with E-state index in [2.05, 4.69) is 25.9 Å². The van der Waals surface area contributed by atoms with Crippen LogP contribution in [-0.2, 0) is 6.54 Å². The van der Waals surface area contributed by atoms with Crippen LogP contribution in [0.3, 0.4) is 0 Å². The van der Waals surface area contributed by atoms with Gasteiger partial charge < -0.3 is 20.1 Å². The summed E-state index contributed by atoms with van der Waals surface area (Å²) in [5.41, 5.74) is 0.819. The number of hydrogen-bond acceptors (Lipinski definition) is 7. The van der Waals surface area contributed by atoms with Gasteiger partial charge in [-0.05, 0) is 50.0 Å². The van der Waals surface area contributed by atoms with Crippen molar-refractivity contribution in [1.29, 1.82) is 0 Å². The van der Waals surface area contributed by atoms with E-state index in [0.29, 0.717) is 29.0 Å². The van der Waals surface area contributed by atoms with Crippen molar-refractivity contribution in [3.8, 4) is 17.4 Å². The highest BCUT2D eigenvalue weighted by Crippen LogP contribution is 2.24. The number of carbonyl (C=O) groups is 1. The van der Waals surface area contributed by atoms with Crippen molar-refractivity contribution in [2.75, 3.05) is 25.5 Å². The predicted molar refractivity (Wildman–Crippen MR) is 118 cm³/mol. The zero-order valence-electron chi connectivity index (χ0n) is 17.2. The first kappa shape index (κ1) is 22.5. The SMILES string of the molecule is COc1cccc(Oc2ccc(NC(=O)c3cn(CC4CCCNC4)nn3)cn2)c1.Cl. The summed E-state index contributed by atoms with van der Waals surface area (Å²) in [6.07, 6.45) is 5.53. The summed E-state index contributed by atoms with van der Waals surface area (Å²) in [5.74, 6) is 1.91. The van der Waals surface area contributed by atoms with E-state index >= 15 is 0 Å². The molecular formula is C21H25ClN6O3. The number of rotatable bonds is 7. The summed E-state index contributed by atoms with van der Waals surface area (Å²) in [6.45, 7) is 2.79. The summed E-state index contributed by atoms with van der Waals surface area (Å²) in [5, 5.41) is 14.2. The number of anilines is 1. The lowest BCUT2D eigenvalue weighted by Gasteiger charge is -2.22. The molecule has 1 saturated heterocycles. The Labute approximate surface area is 186 Å². The highest BCUT2D eigenvalue weighted by molar-refractivity contribution is 6.02. The Kier molecular flexibility index (Phi) is 7.80. The van der Waals surface area contributed by atoms with Gasteiger partial charge in [-0.25, -0.2) is 4.98 Å². The number of methoxy groups -OCH3 is 1. The Morgan fingerprint density at radius 2 is 2.16 bits per heavy atom. The quantitative estimate of drug-likeness (QED) is 0.577. The Morgan fingerprint density at radius 1 is 1.29 bits per heavy atom. The van der Waals surface area contributed by atoms with Gasteiger partial charge in [-0.15, -0.1) is 17.5 Å². The highest BCUT2D eigenvalue weighted by atomic mass is 35.5. The molecule has 10 heteroatoms. The number of benzene rings is 1. The first-order valence-corrected chi connectivity index (χ1v) is 9.90. The van der Waals surface area contributed by atoms with E-state index in [1.165, 1.54) is 6.20 Å². The summed E-state index contributed by atoms with van der Waals surface area (Å²) in [6, 6.07) is 10.7. The minimum absolute atomic E-state index is 0. The number of carbonyl (C=O) groups excluding carboxylic acids is 1. The molecule has 3 heterocycles. The number of pyridine rings is 1. The molecule has 0 saturated carbocycles. The van der Waals surface area contributed by atoms with Crippen LogP contribution in [-0.4, -0.2) is 46.1 Å². The molecule has 9 nitrogen and oxygen atoms in total. The number of amides is 1. The number of halogens is 1. The van der Waals surface area contributed by atoms with Gasteiger partial charge in [0.25, 0.3) is 5.91 Å². The molecular weight excluding hydrogens is 420 g/mol. The summed E-state index contributed by atoms with van der Waals surface area (Å²) in [7, 11) is 1.60. The molecule has 1 aromatic carbocycles. The van der Waals surface area contributed by atoms with Gasteiger partial charge in [0.15, 0.2) is 5.69 Å². The van der Waals surface area contributed by atoms with Crippen LogP contribution in [0.25, 0.3) is 0 Å². The van der Waals surface area contributed by atoms with Crippen molar-refractivity contribution in [2.45, 2.75) is 19.4 Å². The van der Waals surface area contributed by atoms with E-state index in [4.69, 9.17) is 9.47 Å². The standard InChI is InChI=1S/C21H24N6O3.ClH/c1-29-17-5-2-6-18(10-17)30-20-8-7-16(12-23-20)24-21(28)19-14-27(26-25-19)13-15-4-3-9-22-11-15;/h2,5-8,10,12,14-15,22H,3-4,9,11,13H2,1H3,(H,24,28);1H. The van der Waals surface area contributed by atoms with Gasteiger partial charge in [-0.1, -0.05) is 11.3 Å². The average Bonchev–Trinajstić information content (AvgIpc) is 3.25. The molecule has 31 heavy (non-hydrogen) atoms. The van der Waals surface area contributed by atoms with Crippen LogP contribution in [0.2, 0.25) is 0 Å². The van der Waals surface area contributed by atoms with E-state index in [0.717, 1.165) is 32.5 Å². The normalized spacial score (nSPS) is 15.6. The van der Waals surface area contributed by atoms with Crippen LogP contribution in [0.4, 0.5) is 5.69 Å². The Balaban J connectivity index is 0.00000272. The van der Waals surface area contributed by atoms with Gasteiger partial charge in [0.1, 0.15) is 11.5 Å². The summed E-state index contributed by atoms with van der Waals surface area (Å²) >= 11 is 0. The van der Waals surface area contributed by atoms with E-state index in [9.17, 15) is 4.79 Å². The Bertz CT molecular complexity index is 989. The van der Waals surface area contributed by atoms with E-state index in [-0.39, 0.29) is 24.0 Å². The number of ether oxygens (including phenoxy) is 2. The summed E-state index contributed by atoms with van der Waals surface area (Å²) < 4.78 is 12.6. The zero-order valence-corrected chi connectivity index (χ0v) is 18.0. The molecule has 1 atom stereocenters. The maximum atomic E-state index is 12.5. The van der Waals surface area contributed by atoms with Gasteiger partial charge in [-0.3, -0.25) is 9.48 Å². The largest absolute Gasteiger partial charge is 0.497 e. The second kappa shape index (κ2) is 10.7. The second-order valence-corrected chi connectivity index (χ2v) is 7.16. The summed E-state index contributed by atoms with van der Waals surface area (Å²) in [4.78, 5) is 16.7. The van der Waals surface area contributed by atoms with E-state index in [1.54, 1.807) is 36.2 Å². The van der Waals surface area contributed by atoms with Crippen LogP contribution < -0.4 is 20.1 Å². The lowest BCUT2D eigenvalue weighted by Crippen LogP contribution is -2.32. The van der Waals surface area contributed by atoms with Crippen LogP contribution in [0, 0.1) is 5.92 Å². The number of piperidine rings is 1. The number of nitrogens with one attached hydrogen (secondary N) is 2. The van der Waals surface area contributed by atoms with Crippen molar-refractivity contribution in [1.82, 2.24) is 25.3 Å². The van der Waals surface area contributed by atoms with Gasteiger partial charge in [0.2, 0.25) is 5.88 Å². The maximum absolute atomic E-state index is 12.5. The molecule has 1 aliphatic heterocycles. The first-order valence-electron chi connectivity index (χ1n) is 9.90. The van der Waals surface area contributed by atoms with Crippen LogP contribution >= 0.6 is 12.4 Å². The van der Waals surface area contributed by atoms with Gasteiger partial charge in [-0.2, -0.15) is 0 Å². The van der Waals surface area contributed by atoms with Crippen LogP contribution in [0.5, 0.6) is 17.4 Å². The number of nitrogens with zero attached hydrogens (tertiary/aromatic N) is 4. The molecule has 0 bridgehead atoms. The lowest BCUT2D eigenvalue weighted by atomic mass is 10.00. The molecule has 2 N–H and O–H groups in total. The molecule has 1 fully saturated rings. The van der Waals surface area contributed by atoms with Crippen molar-refractivity contribution in [3.63, 3.8) is 0 Å². The van der Waals surface area contributed by atoms with Crippen molar-refractivity contribution >= 4 is 24.0 Å². The molecule has 4 rings (SSSR count). The molecule has 0 aliphatic carbocycles. The molecule has 0 spiro atoms. The third-order valence-electron chi connectivity index (χ3n) is 4.87. The molecule has 1 amide bonds. The topological polar surface area (TPSA) is 103 Å². The van der Waals surface area contributed by atoms with Gasteiger partial charge >= 0.3 is 0 Å². The molecule has 1 aliphatic rings. The third kappa shape index (κ3) is 6.16. The predicted octanol–water partition coefficient (Wildman–Crippen LogP) is 3.15. The second-order valence-electron chi connectivity index (χ2n) is 7.16. The Morgan fingerprint density at radius 3 is 2.90 bits per heavy atom. The van der Waals surface area contributed by atoms with E-state index < -0.39 is 0 Å². The molecule has 0 radical (unpaired) electrons. The molecule has 3 aromatic rings. The average molecular weight is 445 g/mol. The minimum Gasteiger partial charge on any atom is -0.497 e. The van der Waals surface area contributed by atoms with Crippen molar-refractivity contribution < 1.29 is 14.3 Å². The highest BCUT2D eigenvalue weighted by Gasteiger charge is 2.16. The first-order chi connectivity index (χ1) is 14.7. The van der Waals surface area contributed by atoms with Gasteiger partial charge in [0, 0.05) is 18.7 Å². The zero-order chi connectivity index (χ0) is 20.8. The molecule has 2 aromatic heterocycles. The van der Waals surface area contributed by atoms with Crippen LogP contribution in [0.15, 0.2) is 48.8 Å². The fourth-order valence-electron chi connectivity index (χ4n) is 3.33. The fourth-order valence-corrected chi connectivity index (χ4v) is 3.33. The monoisotopic (exact) mass is 444 g/mol. The lowest BCUT2D eigenvalue weighted by molar-refractivity contribution is 0.102. The van der Waals surface area contributed by atoms with E-state index in [1.807, 2.05) is 18.2 Å². The molecule has 1 unspecified atom stereocenters. The van der Waals surface area contributed by atoms with Gasteiger partial charge in [0.05, 0.1) is 25.2 Å². The maximum Gasteiger partial charge on any atom is 0.277 e.